The molecule has 2 aliphatic rings. The molecule has 1 heterocycles. The Morgan fingerprint density at radius 2 is 1.75 bits per heavy atom. The average molecular weight is 223 g/mol. The predicted molar refractivity (Wildman–Crippen MR) is 66.1 cm³/mol. The highest BCUT2D eigenvalue weighted by molar-refractivity contribution is 5.79. The summed E-state index contributed by atoms with van der Waals surface area (Å²) in [6, 6.07) is 0.523. The first-order chi connectivity index (χ1) is 7.70. The van der Waals surface area contributed by atoms with Crippen molar-refractivity contribution >= 4 is 5.91 Å². The van der Waals surface area contributed by atoms with Gasteiger partial charge in [-0.15, -0.1) is 0 Å². The Kier molecular flexibility index (Phi) is 3.88. The van der Waals surface area contributed by atoms with Crippen LogP contribution in [0.3, 0.4) is 0 Å². The van der Waals surface area contributed by atoms with Crippen molar-refractivity contribution in [1.29, 1.82) is 0 Å². The van der Waals surface area contributed by atoms with Gasteiger partial charge in [0.25, 0.3) is 0 Å². The second kappa shape index (κ2) is 5.20. The number of carbonyl (C=O) groups excluding carboxylic acids is 1. The topological polar surface area (TPSA) is 20.3 Å². The summed E-state index contributed by atoms with van der Waals surface area (Å²) in [4.78, 5) is 14.6. The zero-order valence-corrected chi connectivity index (χ0v) is 10.7. The van der Waals surface area contributed by atoms with Gasteiger partial charge in [0, 0.05) is 18.5 Å². The Labute approximate surface area is 99.4 Å². The minimum atomic E-state index is 0.355. The van der Waals surface area contributed by atoms with Gasteiger partial charge >= 0.3 is 0 Å². The van der Waals surface area contributed by atoms with Crippen molar-refractivity contribution in [2.45, 2.75) is 64.8 Å². The highest BCUT2D eigenvalue weighted by atomic mass is 16.2. The molecular weight excluding hydrogens is 198 g/mol. The molecule has 1 aliphatic heterocycles. The number of amides is 1. The van der Waals surface area contributed by atoms with Crippen molar-refractivity contribution in [3.63, 3.8) is 0 Å². The lowest BCUT2D eigenvalue weighted by Gasteiger charge is -2.32. The van der Waals surface area contributed by atoms with Gasteiger partial charge in [-0.1, -0.05) is 33.1 Å². The molecule has 0 aromatic rings. The first-order valence-electron chi connectivity index (χ1n) is 7.00. The van der Waals surface area contributed by atoms with Crippen LogP contribution in [0, 0.1) is 11.8 Å². The predicted octanol–water partition coefficient (Wildman–Crippen LogP) is 3.21. The molecule has 2 nitrogen and oxygen atoms in total. The average Bonchev–Trinajstić information content (AvgIpc) is 2.78. The molecule has 0 spiro atoms. The third-order valence-electron chi connectivity index (χ3n) is 4.31. The number of nitrogens with zero attached hydrogens (tertiary/aromatic N) is 1. The largest absolute Gasteiger partial charge is 0.339 e. The minimum Gasteiger partial charge on any atom is -0.339 e. The van der Waals surface area contributed by atoms with Crippen molar-refractivity contribution in [2.75, 3.05) is 6.54 Å². The second-order valence-corrected chi connectivity index (χ2v) is 5.82. The van der Waals surface area contributed by atoms with Gasteiger partial charge in [-0.25, -0.2) is 0 Å². The van der Waals surface area contributed by atoms with Crippen LogP contribution in [0.1, 0.15) is 58.8 Å². The molecule has 2 heteroatoms. The lowest BCUT2D eigenvalue weighted by molar-refractivity contribution is -0.138. The maximum Gasteiger partial charge on any atom is 0.225 e. The molecule has 92 valence electrons. The maximum absolute atomic E-state index is 12.4. The van der Waals surface area contributed by atoms with Gasteiger partial charge in [0.1, 0.15) is 0 Å². The quantitative estimate of drug-likeness (QED) is 0.704. The highest BCUT2D eigenvalue weighted by Gasteiger charge is 2.34. The molecule has 2 rings (SSSR count). The van der Waals surface area contributed by atoms with Crippen LogP contribution in [0.25, 0.3) is 0 Å². The number of hydrogen-bond donors (Lipinski definition) is 0. The molecule has 0 aromatic carbocycles. The van der Waals surface area contributed by atoms with E-state index in [-0.39, 0.29) is 0 Å². The van der Waals surface area contributed by atoms with Crippen molar-refractivity contribution in [2.24, 2.45) is 11.8 Å². The van der Waals surface area contributed by atoms with Crippen LogP contribution in [-0.2, 0) is 4.79 Å². The molecule has 16 heavy (non-hydrogen) atoms. The molecule has 1 atom stereocenters. The van der Waals surface area contributed by atoms with Gasteiger partial charge in [-0.05, 0) is 31.6 Å². The minimum absolute atomic E-state index is 0.355. The number of rotatable bonds is 2. The van der Waals surface area contributed by atoms with E-state index in [0.717, 1.165) is 19.4 Å². The molecule has 0 radical (unpaired) electrons. The molecule has 1 saturated heterocycles. The van der Waals surface area contributed by atoms with Crippen molar-refractivity contribution in [1.82, 2.24) is 4.90 Å². The van der Waals surface area contributed by atoms with Gasteiger partial charge in [-0.3, -0.25) is 4.79 Å². The standard InChI is InChI=1S/C14H25NO/c1-11(2)13-9-6-10-15(13)14(16)12-7-4-3-5-8-12/h11-13H,3-10H2,1-2H3. The van der Waals surface area contributed by atoms with Crippen LogP contribution in [0.4, 0.5) is 0 Å². The number of likely N-dealkylation sites (tertiary alicyclic amines) is 1. The van der Waals surface area contributed by atoms with Crippen LogP contribution >= 0.6 is 0 Å². The van der Waals surface area contributed by atoms with Gasteiger partial charge < -0.3 is 4.90 Å². The molecule has 0 N–H and O–H groups in total. The van der Waals surface area contributed by atoms with Crippen LogP contribution in [0.5, 0.6) is 0 Å². The van der Waals surface area contributed by atoms with Crippen molar-refractivity contribution in [3.8, 4) is 0 Å². The molecule has 1 aliphatic carbocycles. The maximum atomic E-state index is 12.4. The van der Waals surface area contributed by atoms with E-state index in [9.17, 15) is 4.79 Å². The van der Waals surface area contributed by atoms with E-state index in [0.29, 0.717) is 23.8 Å². The van der Waals surface area contributed by atoms with Crippen molar-refractivity contribution in [3.05, 3.63) is 0 Å². The summed E-state index contributed by atoms with van der Waals surface area (Å²) < 4.78 is 0. The first kappa shape index (κ1) is 11.9. The zero-order valence-electron chi connectivity index (χ0n) is 10.7. The summed E-state index contributed by atoms with van der Waals surface area (Å²) in [6.45, 7) is 5.51. The van der Waals surface area contributed by atoms with E-state index in [4.69, 9.17) is 0 Å². The Morgan fingerprint density at radius 1 is 1.06 bits per heavy atom. The van der Waals surface area contributed by atoms with Gasteiger partial charge in [-0.2, -0.15) is 0 Å². The monoisotopic (exact) mass is 223 g/mol. The van der Waals surface area contributed by atoms with E-state index < -0.39 is 0 Å². The van der Waals surface area contributed by atoms with Crippen LogP contribution in [0.15, 0.2) is 0 Å². The van der Waals surface area contributed by atoms with E-state index in [1.165, 1.54) is 32.1 Å². The van der Waals surface area contributed by atoms with Crippen LogP contribution in [0.2, 0.25) is 0 Å². The number of carbonyl (C=O) groups is 1. The lowest BCUT2D eigenvalue weighted by atomic mass is 9.87. The summed E-state index contributed by atoms with van der Waals surface area (Å²) in [5.74, 6) is 1.44. The lowest BCUT2D eigenvalue weighted by Crippen LogP contribution is -2.42. The summed E-state index contributed by atoms with van der Waals surface area (Å²) >= 11 is 0. The second-order valence-electron chi connectivity index (χ2n) is 5.82. The first-order valence-corrected chi connectivity index (χ1v) is 7.00. The SMILES string of the molecule is CC(C)C1CCCN1C(=O)C1CCCCC1. The molecule has 1 saturated carbocycles. The summed E-state index contributed by atoms with van der Waals surface area (Å²) in [5.41, 5.74) is 0. The Hall–Kier alpha value is -0.530. The summed E-state index contributed by atoms with van der Waals surface area (Å²) in [7, 11) is 0. The van der Waals surface area contributed by atoms with Crippen LogP contribution in [-0.4, -0.2) is 23.4 Å². The van der Waals surface area contributed by atoms with E-state index >= 15 is 0 Å². The fourth-order valence-corrected chi connectivity index (χ4v) is 3.34. The summed E-state index contributed by atoms with van der Waals surface area (Å²) in [6.07, 6.45) is 8.56. The Morgan fingerprint density at radius 3 is 2.38 bits per heavy atom. The van der Waals surface area contributed by atoms with Gasteiger partial charge in [0.15, 0.2) is 0 Å². The Balaban J connectivity index is 1.97. The fraction of sp³-hybridized carbons (Fsp3) is 0.929. The molecule has 0 bridgehead atoms. The Bertz CT molecular complexity index is 243. The van der Waals surface area contributed by atoms with Crippen molar-refractivity contribution < 1.29 is 4.79 Å². The highest BCUT2D eigenvalue weighted by Crippen LogP contribution is 2.30. The van der Waals surface area contributed by atoms with E-state index in [1.54, 1.807) is 0 Å². The third-order valence-corrected chi connectivity index (χ3v) is 4.31. The fourth-order valence-electron chi connectivity index (χ4n) is 3.34. The third kappa shape index (κ3) is 2.41. The molecule has 1 unspecified atom stereocenters. The van der Waals surface area contributed by atoms with Gasteiger partial charge in [0.2, 0.25) is 5.91 Å². The smallest absolute Gasteiger partial charge is 0.225 e. The van der Waals surface area contributed by atoms with E-state index in [2.05, 4.69) is 18.7 Å². The van der Waals surface area contributed by atoms with E-state index in [1.807, 2.05) is 0 Å². The molecule has 1 amide bonds. The van der Waals surface area contributed by atoms with Gasteiger partial charge in [0.05, 0.1) is 0 Å². The molecule has 2 fully saturated rings. The summed E-state index contributed by atoms with van der Waals surface area (Å²) in [5, 5.41) is 0. The zero-order chi connectivity index (χ0) is 11.5. The normalized spacial score (nSPS) is 27.7. The number of hydrogen-bond acceptors (Lipinski definition) is 1. The molecular formula is C14H25NO. The van der Waals surface area contributed by atoms with Crippen LogP contribution < -0.4 is 0 Å². The molecule has 0 aromatic heterocycles.